The minimum Gasteiger partial charge on any atom is -0.302 e. The molecule has 1 saturated carbocycles. The molecule has 0 saturated heterocycles. The lowest BCUT2D eigenvalue weighted by Gasteiger charge is -2.31. The number of hydrogen-bond acceptors (Lipinski definition) is 3. The van der Waals surface area contributed by atoms with Gasteiger partial charge in [0.25, 0.3) is 0 Å². The molecule has 0 aliphatic heterocycles. The van der Waals surface area contributed by atoms with Gasteiger partial charge in [0, 0.05) is 15.8 Å². The first-order chi connectivity index (χ1) is 9.56. The van der Waals surface area contributed by atoms with Gasteiger partial charge in [0.15, 0.2) is 0 Å². The minimum atomic E-state index is 0.287. The predicted molar refractivity (Wildman–Crippen MR) is 90.0 cm³/mol. The van der Waals surface area contributed by atoms with E-state index in [-0.39, 0.29) is 6.04 Å². The fourth-order valence-electron chi connectivity index (χ4n) is 3.08. The number of hydrogen-bond donors (Lipinski definition) is 1. The molecule has 1 nitrogen and oxygen atoms in total. The molecule has 0 spiro atoms. The van der Waals surface area contributed by atoms with Crippen LogP contribution >= 0.6 is 34.3 Å². The van der Waals surface area contributed by atoms with Crippen LogP contribution in [-0.2, 0) is 0 Å². The normalized spacial score (nSPS) is 23.1. The van der Waals surface area contributed by atoms with Crippen LogP contribution in [0.3, 0.4) is 0 Å². The zero-order valence-corrected chi connectivity index (χ0v) is 14.2. The Morgan fingerprint density at radius 2 is 2.15 bits per heavy atom. The van der Waals surface area contributed by atoms with Crippen LogP contribution in [0.2, 0.25) is 4.34 Å². The van der Waals surface area contributed by atoms with Crippen LogP contribution in [0.25, 0.3) is 0 Å². The molecule has 1 N–H and O–H groups in total. The third kappa shape index (κ3) is 2.96. The number of rotatable bonds is 4. The molecule has 108 valence electrons. The van der Waals surface area contributed by atoms with E-state index in [0.29, 0.717) is 11.5 Å². The van der Waals surface area contributed by atoms with Crippen LogP contribution in [0.1, 0.15) is 48.9 Å². The third-order valence-corrected chi connectivity index (χ3v) is 6.56. The Morgan fingerprint density at radius 1 is 1.30 bits per heavy atom. The van der Waals surface area contributed by atoms with Crippen molar-refractivity contribution in [3.05, 3.63) is 43.7 Å². The van der Waals surface area contributed by atoms with E-state index in [2.05, 4.69) is 42.7 Å². The first-order valence-corrected chi connectivity index (χ1v) is 9.18. The highest BCUT2D eigenvalue weighted by Crippen LogP contribution is 2.41. The van der Waals surface area contributed by atoms with Gasteiger partial charge >= 0.3 is 0 Å². The van der Waals surface area contributed by atoms with Gasteiger partial charge in [-0.05, 0) is 41.8 Å². The van der Waals surface area contributed by atoms with Crippen LogP contribution in [0.4, 0.5) is 0 Å². The molecule has 4 heteroatoms. The lowest BCUT2D eigenvalue weighted by molar-refractivity contribution is 0.273. The molecule has 1 aliphatic carbocycles. The topological polar surface area (TPSA) is 12.0 Å². The van der Waals surface area contributed by atoms with Crippen molar-refractivity contribution in [2.45, 2.75) is 45.2 Å². The molecule has 2 aromatic heterocycles. The van der Waals surface area contributed by atoms with E-state index in [4.69, 9.17) is 11.6 Å². The summed E-state index contributed by atoms with van der Waals surface area (Å²) in [5.74, 6) is 0. The van der Waals surface area contributed by atoms with Crippen molar-refractivity contribution in [1.29, 1.82) is 0 Å². The number of nitrogens with one attached hydrogen (secondary N) is 1. The monoisotopic (exact) mass is 325 g/mol. The quantitative estimate of drug-likeness (QED) is 0.758. The molecule has 0 amide bonds. The van der Waals surface area contributed by atoms with Crippen molar-refractivity contribution in [1.82, 2.24) is 5.32 Å². The molecule has 0 radical (unpaired) electrons. The fourth-order valence-corrected chi connectivity index (χ4v) is 5.10. The lowest BCUT2D eigenvalue weighted by Crippen LogP contribution is -2.39. The highest BCUT2D eigenvalue weighted by atomic mass is 35.5. The molecule has 1 fully saturated rings. The Hall–Kier alpha value is -0.350. The van der Waals surface area contributed by atoms with E-state index < -0.39 is 0 Å². The van der Waals surface area contributed by atoms with E-state index >= 15 is 0 Å². The Kier molecular flexibility index (Phi) is 4.23. The highest BCUT2D eigenvalue weighted by molar-refractivity contribution is 7.16. The SMILES string of the molecule is CC1(C)CCCC1NC(c1cccs1)c1ccc(Cl)s1. The molecule has 3 rings (SSSR count). The van der Waals surface area contributed by atoms with E-state index in [1.165, 1.54) is 29.0 Å². The zero-order valence-electron chi connectivity index (χ0n) is 11.9. The van der Waals surface area contributed by atoms with Crippen molar-refractivity contribution in [3.8, 4) is 0 Å². The summed E-state index contributed by atoms with van der Waals surface area (Å²) in [7, 11) is 0. The summed E-state index contributed by atoms with van der Waals surface area (Å²) in [6, 6.07) is 9.38. The van der Waals surface area contributed by atoms with Gasteiger partial charge in [-0.3, -0.25) is 0 Å². The Bertz CT molecular complexity index is 559. The largest absolute Gasteiger partial charge is 0.302 e. The Labute approximate surface area is 134 Å². The van der Waals surface area contributed by atoms with Gasteiger partial charge in [0.05, 0.1) is 10.4 Å². The second-order valence-electron chi connectivity index (χ2n) is 6.19. The molecule has 0 aromatic carbocycles. The summed E-state index contributed by atoms with van der Waals surface area (Å²) in [6.45, 7) is 4.76. The van der Waals surface area contributed by atoms with Crippen LogP contribution in [0.15, 0.2) is 29.6 Å². The number of halogens is 1. The predicted octanol–water partition coefficient (Wildman–Crippen LogP) is 5.72. The van der Waals surface area contributed by atoms with Crippen molar-refractivity contribution in [3.63, 3.8) is 0 Å². The molecule has 1 aliphatic rings. The number of thiophene rings is 2. The van der Waals surface area contributed by atoms with Crippen molar-refractivity contribution < 1.29 is 0 Å². The van der Waals surface area contributed by atoms with E-state index in [0.717, 1.165) is 4.34 Å². The van der Waals surface area contributed by atoms with Crippen molar-refractivity contribution >= 4 is 34.3 Å². The average Bonchev–Trinajstić information content (AvgIpc) is 3.09. The van der Waals surface area contributed by atoms with Crippen LogP contribution in [0.5, 0.6) is 0 Å². The Morgan fingerprint density at radius 3 is 2.70 bits per heavy atom. The van der Waals surface area contributed by atoms with E-state index in [1.54, 1.807) is 11.3 Å². The third-order valence-electron chi connectivity index (χ3n) is 4.33. The molecule has 2 heterocycles. The van der Waals surface area contributed by atoms with Gasteiger partial charge in [-0.15, -0.1) is 22.7 Å². The van der Waals surface area contributed by atoms with Gasteiger partial charge in [0.2, 0.25) is 0 Å². The first-order valence-electron chi connectivity index (χ1n) is 7.11. The van der Waals surface area contributed by atoms with Crippen molar-refractivity contribution in [2.75, 3.05) is 0 Å². The summed E-state index contributed by atoms with van der Waals surface area (Å²) >= 11 is 9.64. The summed E-state index contributed by atoms with van der Waals surface area (Å²) in [5, 5.41) is 6.05. The average molecular weight is 326 g/mol. The molecule has 2 aromatic rings. The molecular formula is C16H20ClNS2. The van der Waals surface area contributed by atoms with Crippen molar-refractivity contribution in [2.24, 2.45) is 5.41 Å². The van der Waals surface area contributed by atoms with Crippen LogP contribution < -0.4 is 5.32 Å². The van der Waals surface area contributed by atoms with E-state index in [9.17, 15) is 0 Å². The minimum absolute atomic E-state index is 0.287. The highest BCUT2D eigenvalue weighted by Gasteiger charge is 2.36. The lowest BCUT2D eigenvalue weighted by atomic mass is 9.87. The maximum absolute atomic E-state index is 6.13. The smallest absolute Gasteiger partial charge is 0.0931 e. The summed E-state index contributed by atoms with van der Waals surface area (Å²) in [4.78, 5) is 2.70. The molecule has 0 bridgehead atoms. The second-order valence-corrected chi connectivity index (χ2v) is 8.92. The standard InChI is InChI=1S/C16H20ClNS2/c1-16(2)9-3-6-13(16)18-15(11-5-4-10-19-11)12-7-8-14(17)20-12/h4-5,7-8,10,13,15,18H,3,6,9H2,1-2H3. The summed E-state index contributed by atoms with van der Waals surface area (Å²) in [6.07, 6.45) is 3.91. The molecule has 2 atom stereocenters. The Balaban J connectivity index is 1.87. The van der Waals surface area contributed by atoms with E-state index in [1.807, 2.05) is 17.4 Å². The zero-order chi connectivity index (χ0) is 14.2. The van der Waals surface area contributed by atoms with Crippen LogP contribution in [0, 0.1) is 5.41 Å². The van der Waals surface area contributed by atoms with Gasteiger partial charge in [0.1, 0.15) is 0 Å². The maximum Gasteiger partial charge on any atom is 0.0931 e. The summed E-state index contributed by atoms with van der Waals surface area (Å²) < 4.78 is 0.869. The maximum atomic E-state index is 6.13. The van der Waals surface area contributed by atoms with Gasteiger partial charge < -0.3 is 5.32 Å². The molecule has 2 unspecified atom stereocenters. The van der Waals surface area contributed by atoms with Gasteiger partial charge in [-0.2, -0.15) is 0 Å². The van der Waals surface area contributed by atoms with Crippen LogP contribution in [-0.4, -0.2) is 6.04 Å². The molecular weight excluding hydrogens is 306 g/mol. The fraction of sp³-hybridized carbons (Fsp3) is 0.500. The van der Waals surface area contributed by atoms with Gasteiger partial charge in [-0.1, -0.05) is 37.9 Å². The second kappa shape index (κ2) is 5.80. The molecule has 20 heavy (non-hydrogen) atoms. The van der Waals surface area contributed by atoms with Gasteiger partial charge in [-0.25, -0.2) is 0 Å². The first kappa shape index (κ1) is 14.6. The summed E-state index contributed by atoms with van der Waals surface area (Å²) in [5.41, 5.74) is 0.385.